The third-order valence-corrected chi connectivity index (χ3v) is 5.33. The van der Waals surface area contributed by atoms with Crippen molar-refractivity contribution in [2.45, 2.75) is 51.5 Å². The van der Waals surface area contributed by atoms with Crippen molar-refractivity contribution in [3.63, 3.8) is 0 Å². The number of hydrogen-bond acceptors (Lipinski definition) is 4. The van der Waals surface area contributed by atoms with E-state index in [4.69, 9.17) is 15.2 Å². The highest BCUT2D eigenvalue weighted by Crippen LogP contribution is 2.38. The quantitative estimate of drug-likeness (QED) is 0.835. The van der Waals surface area contributed by atoms with Crippen molar-refractivity contribution in [2.24, 2.45) is 11.1 Å². The summed E-state index contributed by atoms with van der Waals surface area (Å²) in [5.41, 5.74) is 7.02. The number of hydrogen-bond donors (Lipinski definition) is 2. The van der Waals surface area contributed by atoms with Crippen LogP contribution in [0.15, 0.2) is 18.2 Å². The Bertz CT molecular complexity index is 588. The van der Waals surface area contributed by atoms with Crippen molar-refractivity contribution in [1.29, 1.82) is 0 Å². The molecule has 0 bridgehead atoms. The molecule has 1 aromatic carbocycles. The highest BCUT2D eigenvalue weighted by atomic mass is 35.5. The van der Waals surface area contributed by atoms with E-state index in [2.05, 4.69) is 5.32 Å². The van der Waals surface area contributed by atoms with Crippen molar-refractivity contribution >= 4 is 18.3 Å². The molecule has 140 valence electrons. The second-order valence-corrected chi connectivity index (χ2v) is 7.13. The van der Waals surface area contributed by atoms with E-state index < -0.39 is 0 Å². The fourth-order valence-corrected chi connectivity index (χ4v) is 3.80. The molecule has 0 saturated heterocycles. The maximum atomic E-state index is 12.5. The summed E-state index contributed by atoms with van der Waals surface area (Å²) in [6.45, 7) is 3.74. The summed E-state index contributed by atoms with van der Waals surface area (Å²) in [7, 11) is 0. The molecule has 3 N–H and O–H groups in total. The lowest BCUT2D eigenvalue weighted by Crippen LogP contribution is -2.39. The van der Waals surface area contributed by atoms with Gasteiger partial charge in [-0.2, -0.15) is 0 Å². The third-order valence-electron chi connectivity index (χ3n) is 5.33. The number of benzene rings is 1. The minimum absolute atomic E-state index is 0. The van der Waals surface area contributed by atoms with Crippen LogP contribution in [0.25, 0.3) is 0 Å². The van der Waals surface area contributed by atoms with Gasteiger partial charge >= 0.3 is 0 Å². The predicted octanol–water partition coefficient (Wildman–Crippen LogP) is 3.36. The maximum absolute atomic E-state index is 12.5. The van der Waals surface area contributed by atoms with Crippen LogP contribution in [0.4, 0.5) is 0 Å². The lowest BCUT2D eigenvalue weighted by atomic mass is 9.71. The molecule has 3 rings (SSSR count). The van der Waals surface area contributed by atoms with E-state index >= 15 is 0 Å². The highest BCUT2D eigenvalue weighted by Gasteiger charge is 2.33. The van der Waals surface area contributed by atoms with Crippen molar-refractivity contribution < 1.29 is 14.3 Å². The van der Waals surface area contributed by atoms with Crippen LogP contribution in [0, 0.1) is 5.41 Å². The van der Waals surface area contributed by atoms with Gasteiger partial charge in [-0.15, -0.1) is 12.4 Å². The number of halogens is 1. The summed E-state index contributed by atoms with van der Waals surface area (Å²) in [6.07, 6.45) is 6.28. The van der Waals surface area contributed by atoms with Crippen LogP contribution in [0.3, 0.4) is 0 Å². The number of ether oxygens (including phenoxy) is 2. The lowest BCUT2D eigenvalue weighted by Gasteiger charge is -2.36. The fraction of sp³-hybridized carbons (Fsp3) is 0.632. The minimum Gasteiger partial charge on any atom is -0.486 e. The Labute approximate surface area is 156 Å². The Hall–Kier alpha value is -1.46. The van der Waals surface area contributed by atoms with Gasteiger partial charge in [-0.3, -0.25) is 4.79 Å². The van der Waals surface area contributed by atoms with Gasteiger partial charge < -0.3 is 20.5 Å². The van der Waals surface area contributed by atoms with Crippen LogP contribution < -0.4 is 20.5 Å². The van der Waals surface area contributed by atoms with E-state index in [0.29, 0.717) is 26.2 Å². The van der Waals surface area contributed by atoms with Crippen molar-refractivity contribution in [2.75, 3.05) is 19.8 Å². The van der Waals surface area contributed by atoms with Gasteiger partial charge in [0.15, 0.2) is 11.5 Å². The minimum atomic E-state index is -0.0632. The zero-order valence-corrected chi connectivity index (χ0v) is 15.7. The fourth-order valence-electron chi connectivity index (χ4n) is 3.80. The van der Waals surface area contributed by atoms with Crippen LogP contribution >= 0.6 is 12.4 Å². The Kier molecular flexibility index (Phi) is 6.96. The molecule has 1 unspecified atom stereocenters. The van der Waals surface area contributed by atoms with Crippen molar-refractivity contribution in [1.82, 2.24) is 5.32 Å². The number of carbonyl (C=O) groups excluding carboxylic acids is 1. The second kappa shape index (κ2) is 8.77. The molecule has 0 radical (unpaired) electrons. The normalized spacial score (nSPS) is 19.4. The smallest absolute Gasteiger partial charge is 0.221 e. The number of rotatable bonds is 5. The summed E-state index contributed by atoms with van der Waals surface area (Å²) in [6, 6.07) is 5.79. The van der Waals surface area contributed by atoms with E-state index in [1.165, 1.54) is 19.3 Å². The molecule has 1 aromatic rings. The first-order chi connectivity index (χ1) is 11.6. The van der Waals surface area contributed by atoms with Gasteiger partial charge in [0.2, 0.25) is 5.91 Å². The monoisotopic (exact) mass is 368 g/mol. The Morgan fingerprint density at radius 2 is 1.88 bits per heavy atom. The number of nitrogens with one attached hydrogen (secondary N) is 1. The molecule has 1 atom stereocenters. The molecular weight excluding hydrogens is 340 g/mol. The number of carbonyl (C=O) groups is 1. The topological polar surface area (TPSA) is 73.6 Å². The zero-order valence-electron chi connectivity index (χ0n) is 14.9. The van der Waals surface area contributed by atoms with Crippen LogP contribution in [-0.2, 0) is 4.79 Å². The molecule has 1 fully saturated rings. The summed E-state index contributed by atoms with van der Waals surface area (Å²) >= 11 is 0. The lowest BCUT2D eigenvalue weighted by molar-refractivity contribution is -0.124. The van der Waals surface area contributed by atoms with Crippen LogP contribution in [-0.4, -0.2) is 25.7 Å². The highest BCUT2D eigenvalue weighted by molar-refractivity contribution is 5.85. The molecule has 1 aliphatic heterocycles. The van der Waals surface area contributed by atoms with Crippen LogP contribution in [0.2, 0.25) is 0 Å². The first kappa shape index (κ1) is 19.9. The molecule has 25 heavy (non-hydrogen) atoms. The number of fused-ring (bicyclic) bond motifs is 1. The first-order valence-electron chi connectivity index (χ1n) is 9.01. The molecule has 5 nitrogen and oxygen atoms in total. The molecule has 1 aliphatic carbocycles. The van der Waals surface area contributed by atoms with E-state index in [0.717, 1.165) is 29.9 Å². The SMILES string of the molecule is CC(NC(=O)CC1(CN)CCCCC1)c1ccc2c(c1)OCCO2.Cl. The molecule has 0 aromatic heterocycles. The molecule has 1 saturated carbocycles. The number of amides is 1. The average molecular weight is 369 g/mol. The van der Waals surface area contributed by atoms with Gasteiger partial charge in [0.25, 0.3) is 0 Å². The first-order valence-corrected chi connectivity index (χ1v) is 9.01. The maximum Gasteiger partial charge on any atom is 0.221 e. The van der Waals surface area contributed by atoms with Gasteiger partial charge in [-0.1, -0.05) is 25.3 Å². The molecule has 0 spiro atoms. The van der Waals surface area contributed by atoms with E-state index in [9.17, 15) is 4.79 Å². The zero-order chi connectivity index (χ0) is 17.0. The number of nitrogens with two attached hydrogens (primary N) is 1. The average Bonchev–Trinajstić information content (AvgIpc) is 2.62. The van der Waals surface area contributed by atoms with E-state index in [-0.39, 0.29) is 29.8 Å². The van der Waals surface area contributed by atoms with E-state index in [1.807, 2.05) is 25.1 Å². The van der Waals surface area contributed by atoms with Gasteiger partial charge in [0.05, 0.1) is 6.04 Å². The Morgan fingerprint density at radius 3 is 2.56 bits per heavy atom. The molecule has 6 heteroatoms. The summed E-state index contributed by atoms with van der Waals surface area (Å²) in [5.74, 6) is 1.61. The van der Waals surface area contributed by atoms with Crippen molar-refractivity contribution in [3.05, 3.63) is 23.8 Å². The largest absolute Gasteiger partial charge is 0.486 e. The van der Waals surface area contributed by atoms with Gasteiger partial charge in [-0.25, -0.2) is 0 Å². The van der Waals surface area contributed by atoms with Crippen molar-refractivity contribution in [3.8, 4) is 11.5 Å². The standard InChI is InChI=1S/C19H28N2O3.ClH/c1-14(15-5-6-16-17(11-15)24-10-9-23-16)21-18(22)12-19(13-20)7-3-2-4-8-19;/h5-6,11,14H,2-4,7-10,12-13,20H2,1H3,(H,21,22);1H. The predicted molar refractivity (Wildman–Crippen MR) is 100 cm³/mol. The summed E-state index contributed by atoms with van der Waals surface area (Å²) in [4.78, 5) is 12.5. The molecule has 2 aliphatic rings. The summed E-state index contributed by atoms with van der Waals surface area (Å²) < 4.78 is 11.2. The third kappa shape index (κ3) is 4.79. The Morgan fingerprint density at radius 1 is 1.20 bits per heavy atom. The second-order valence-electron chi connectivity index (χ2n) is 7.13. The molecular formula is C19H29ClN2O3. The Balaban J connectivity index is 0.00000225. The van der Waals surface area contributed by atoms with Crippen LogP contribution in [0.1, 0.15) is 57.1 Å². The van der Waals surface area contributed by atoms with Gasteiger partial charge in [0.1, 0.15) is 13.2 Å². The van der Waals surface area contributed by atoms with Gasteiger partial charge in [0, 0.05) is 6.42 Å². The molecule has 1 heterocycles. The van der Waals surface area contributed by atoms with Crippen LogP contribution in [0.5, 0.6) is 11.5 Å². The molecule has 1 amide bonds. The van der Waals surface area contributed by atoms with E-state index in [1.54, 1.807) is 0 Å². The van der Waals surface area contributed by atoms with Gasteiger partial charge in [-0.05, 0) is 49.4 Å². The summed E-state index contributed by atoms with van der Waals surface area (Å²) in [5, 5.41) is 3.12.